The number of rotatable bonds is 3. The first-order chi connectivity index (χ1) is 8.79. The third-order valence-corrected chi connectivity index (χ3v) is 2.83. The maximum atomic E-state index is 5.52. The molecule has 92 valence electrons. The standard InChI is InChI=1S/C12H14N6/c1-17-11(10-4-2-3-7-14-10)16-18-8-9(5-6-13)15-12(17)18/h2-4,7-8H,5-6,13H2,1H3. The number of imidazole rings is 1. The van der Waals surface area contributed by atoms with Crippen LogP contribution in [0.15, 0.2) is 30.6 Å². The molecule has 0 aromatic carbocycles. The molecule has 0 unspecified atom stereocenters. The summed E-state index contributed by atoms with van der Waals surface area (Å²) in [5, 5.41) is 4.50. The summed E-state index contributed by atoms with van der Waals surface area (Å²) < 4.78 is 3.71. The third-order valence-electron chi connectivity index (χ3n) is 2.83. The van der Waals surface area contributed by atoms with E-state index in [0.29, 0.717) is 6.54 Å². The molecule has 0 aliphatic carbocycles. The van der Waals surface area contributed by atoms with Gasteiger partial charge in [-0.1, -0.05) is 6.07 Å². The zero-order valence-electron chi connectivity index (χ0n) is 10.1. The molecule has 0 radical (unpaired) electrons. The highest BCUT2D eigenvalue weighted by Crippen LogP contribution is 2.16. The van der Waals surface area contributed by atoms with Crippen molar-refractivity contribution in [2.24, 2.45) is 12.8 Å². The van der Waals surface area contributed by atoms with E-state index in [9.17, 15) is 0 Å². The number of aromatic nitrogens is 5. The Bertz CT molecular complexity index is 667. The Morgan fingerprint density at radius 2 is 2.22 bits per heavy atom. The molecule has 6 nitrogen and oxygen atoms in total. The fourth-order valence-corrected chi connectivity index (χ4v) is 1.96. The molecule has 0 amide bonds. The van der Waals surface area contributed by atoms with Crippen molar-refractivity contribution in [3.05, 3.63) is 36.3 Å². The summed E-state index contributed by atoms with van der Waals surface area (Å²) in [5.74, 6) is 1.61. The van der Waals surface area contributed by atoms with E-state index in [2.05, 4.69) is 15.1 Å². The van der Waals surface area contributed by atoms with Gasteiger partial charge < -0.3 is 5.73 Å². The fourth-order valence-electron chi connectivity index (χ4n) is 1.96. The van der Waals surface area contributed by atoms with Gasteiger partial charge in [0, 0.05) is 19.7 Å². The van der Waals surface area contributed by atoms with Crippen molar-refractivity contribution < 1.29 is 0 Å². The topological polar surface area (TPSA) is 74.0 Å². The monoisotopic (exact) mass is 242 g/mol. The molecular weight excluding hydrogens is 228 g/mol. The molecule has 3 rings (SSSR count). The summed E-state index contributed by atoms with van der Waals surface area (Å²) in [6.07, 6.45) is 4.43. The summed E-state index contributed by atoms with van der Waals surface area (Å²) in [5.41, 5.74) is 7.32. The predicted octanol–water partition coefficient (Wildman–Crippen LogP) is 0.631. The van der Waals surface area contributed by atoms with Crippen LogP contribution in [-0.4, -0.2) is 30.7 Å². The van der Waals surface area contributed by atoms with Crippen LogP contribution in [0.25, 0.3) is 17.3 Å². The third kappa shape index (κ3) is 1.67. The smallest absolute Gasteiger partial charge is 0.232 e. The maximum Gasteiger partial charge on any atom is 0.232 e. The van der Waals surface area contributed by atoms with Gasteiger partial charge in [0.1, 0.15) is 5.69 Å². The lowest BCUT2D eigenvalue weighted by molar-refractivity contribution is 0.899. The van der Waals surface area contributed by atoms with Crippen LogP contribution in [0, 0.1) is 0 Å². The summed E-state index contributed by atoms with van der Waals surface area (Å²) >= 11 is 0. The molecule has 0 atom stereocenters. The van der Waals surface area contributed by atoms with Crippen LogP contribution in [0.2, 0.25) is 0 Å². The van der Waals surface area contributed by atoms with E-state index in [-0.39, 0.29) is 0 Å². The zero-order valence-corrected chi connectivity index (χ0v) is 10.1. The number of nitrogens with zero attached hydrogens (tertiary/aromatic N) is 5. The molecule has 0 aliphatic heterocycles. The van der Waals surface area contributed by atoms with E-state index in [1.165, 1.54) is 0 Å². The van der Waals surface area contributed by atoms with E-state index in [0.717, 1.165) is 29.4 Å². The van der Waals surface area contributed by atoms with Gasteiger partial charge in [-0.15, -0.1) is 5.10 Å². The van der Waals surface area contributed by atoms with Crippen molar-refractivity contribution in [3.63, 3.8) is 0 Å². The maximum absolute atomic E-state index is 5.52. The first kappa shape index (κ1) is 10.9. The highest BCUT2D eigenvalue weighted by atomic mass is 15.4. The molecule has 3 heterocycles. The van der Waals surface area contributed by atoms with Crippen molar-refractivity contribution in [1.82, 2.24) is 24.1 Å². The Labute approximate surface area is 104 Å². The largest absolute Gasteiger partial charge is 0.330 e. The molecule has 3 aromatic rings. The Balaban J connectivity index is 2.10. The quantitative estimate of drug-likeness (QED) is 0.731. The van der Waals surface area contributed by atoms with Gasteiger partial charge in [0.25, 0.3) is 0 Å². The molecule has 0 saturated heterocycles. The minimum atomic E-state index is 0.594. The molecule has 0 saturated carbocycles. The van der Waals surface area contributed by atoms with E-state index in [1.807, 2.05) is 36.0 Å². The molecule has 0 bridgehead atoms. The highest BCUT2D eigenvalue weighted by Gasteiger charge is 2.13. The molecule has 2 N–H and O–H groups in total. The second kappa shape index (κ2) is 4.23. The van der Waals surface area contributed by atoms with Gasteiger partial charge >= 0.3 is 0 Å². The number of hydrogen-bond acceptors (Lipinski definition) is 4. The van der Waals surface area contributed by atoms with E-state index < -0.39 is 0 Å². The number of hydrogen-bond donors (Lipinski definition) is 1. The molecule has 0 aliphatic rings. The summed E-state index contributed by atoms with van der Waals surface area (Å²) in [4.78, 5) is 8.80. The van der Waals surface area contributed by atoms with Crippen LogP contribution in [0.5, 0.6) is 0 Å². The molecule has 0 fully saturated rings. The minimum absolute atomic E-state index is 0.594. The number of pyridine rings is 1. The van der Waals surface area contributed by atoms with Crippen LogP contribution in [-0.2, 0) is 13.5 Å². The molecule has 6 heteroatoms. The second-order valence-electron chi connectivity index (χ2n) is 4.11. The van der Waals surface area contributed by atoms with Gasteiger partial charge in [0.15, 0.2) is 5.82 Å². The fraction of sp³-hybridized carbons (Fsp3) is 0.250. The summed E-state index contributed by atoms with van der Waals surface area (Å²) in [6.45, 7) is 0.594. The lowest BCUT2D eigenvalue weighted by Gasteiger charge is -1.98. The first-order valence-corrected chi connectivity index (χ1v) is 5.82. The van der Waals surface area contributed by atoms with Crippen molar-refractivity contribution >= 4 is 5.78 Å². The van der Waals surface area contributed by atoms with Gasteiger partial charge in [0.2, 0.25) is 5.78 Å². The molecule has 0 spiro atoms. The molecule has 3 aromatic heterocycles. The number of aryl methyl sites for hydroxylation is 1. The second-order valence-corrected chi connectivity index (χ2v) is 4.11. The zero-order chi connectivity index (χ0) is 12.5. The van der Waals surface area contributed by atoms with Crippen LogP contribution in [0.4, 0.5) is 0 Å². The van der Waals surface area contributed by atoms with Crippen LogP contribution >= 0.6 is 0 Å². The van der Waals surface area contributed by atoms with Crippen LogP contribution in [0.3, 0.4) is 0 Å². The lowest BCUT2D eigenvalue weighted by atomic mass is 10.3. The number of nitrogens with two attached hydrogens (primary N) is 1. The van der Waals surface area contributed by atoms with Gasteiger partial charge in [-0.3, -0.25) is 9.55 Å². The SMILES string of the molecule is Cn1c(-c2ccccn2)nn2cc(CCN)nc12. The van der Waals surface area contributed by atoms with Crippen molar-refractivity contribution in [1.29, 1.82) is 0 Å². The van der Waals surface area contributed by atoms with Crippen LogP contribution < -0.4 is 5.73 Å². The highest BCUT2D eigenvalue weighted by molar-refractivity contribution is 5.53. The minimum Gasteiger partial charge on any atom is -0.330 e. The van der Waals surface area contributed by atoms with Gasteiger partial charge in [-0.25, -0.2) is 9.50 Å². The van der Waals surface area contributed by atoms with Gasteiger partial charge in [-0.2, -0.15) is 0 Å². The van der Waals surface area contributed by atoms with E-state index >= 15 is 0 Å². The van der Waals surface area contributed by atoms with Crippen LogP contribution in [0.1, 0.15) is 5.69 Å². The van der Waals surface area contributed by atoms with Crippen molar-refractivity contribution in [2.75, 3.05) is 6.54 Å². The Morgan fingerprint density at radius 3 is 2.89 bits per heavy atom. The summed E-state index contributed by atoms with van der Waals surface area (Å²) in [7, 11) is 1.94. The van der Waals surface area contributed by atoms with E-state index in [4.69, 9.17) is 5.73 Å². The van der Waals surface area contributed by atoms with Crippen molar-refractivity contribution in [3.8, 4) is 11.5 Å². The first-order valence-electron chi connectivity index (χ1n) is 5.82. The Hall–Kier alpha value is -2.21. The Morgan fingerprint density at radius 1 is 1.33 bits per heavy atom. The molecule has 18 heavy (non-hydrogen) atoms. The predicted molar refractivity (Wildman–Crippen MR) is 67.9 cm³/mol. The summed E-state index contributed by atoms with van der Waals surface area (Å²) in [6, 6.07) is 5.76. The van der Waals surface area contributed by atoms with Gasteiger partial charge in [-0.05, 0) is 18.7 Å². The average Bonchev–Trinajstić information content (AvgIpc) is 2.91. The lowest BCUT2D eigenvalue weighted by Crippen LogP contribution is -2.03. The normalized spacial score (nSPS) is 11.2. The number of fused-ring (bicyclic) bond motifs is 1. The van der Waals surface area contributed by atoms with Gasteiger partial charge in [0.05, 0.1) is 11.9 Å². The molecular formula is C12H14N6. The average molecular weight is 242 g/mol. The van der Waals surface area contributed by atoms with Crippen molar-refractivity contribution in [2.45, 2.75) is 6.42 Å². The Kier molecular flexibility index (Phi) is 2.56. The van der Waals surface area contributed by atoms with E-state index in [1.54, 1.807) is 10.7 Å².